The van der Waals surface area contributed by atoms with Crippen molar-refractivity contribution >= 4 is 29.0 Å². The van der Waals surface area contributed by atoms with Gasteiger partial charge in [0.1, 0.15) is 5.82 Å². The lowest BCUT2D eigenvalue weighted by Crippen LogP contribution is -2.35. The number of methoxy groups -OCH3 is 1. The lowest BCUT2D eigenvalue weighted by molar-refractivity contribution is 0.256. The average molecular weight is 460 g/mol. The first kappa shape index (κ1) is 22.0. The van der Waals surface area contributed by atoms with Crippen molar-refractivity contribution in [1.82, 2.24) is 14.8 Å². The SMILES string of the molecule is COc1ccc(N(Cc2nn(CCO)c3c2CCC3)C(=O)Nc2ccc(F)c(Cl)c2)cn1. The van der Waals surface area contributed by atoms with E-state index in [1.807, 2.05) is 4.68 Å². The van der Waals surface area contributed by atoms with Crippen molar-refractivity contribution in [2.75, 3.05) is 23.9 Å². The molecule has 1 aliphatic rings. The molecule has 0 aliphatic heterocycles. The molecule has 0 saturated heterocycles. The fourth-order valence-electron chi connectivity index (χ4n) is 3.84. The Kier molecular flexibility index (Phi) is 6.57. The van der Waals surface area contributed by atoms with Crippen LogP contribution in [0.3, 0.4) is 0 Å². The molecular formula is C22H23ClFN5O3. The first-order valence-corrected chi connectivity index (χ1v) is 10.6. The number of rotatable bonds is 7. The van der Waals surface area contributed by atoms with Gasteiger partial charge >= 0.3 is 6.03 Å². The van der Waals surface area contributed by atoms with E-state index >= 15 is 0 Å². The van der Waals surface area contributed by atoms with Crippen molar-refractivity contribution in [2.24, 2.45) is 0 Å². The maximum Gasteiger partial charge on any atom is 0.326 e. The third kappa shape index (κ3) is 4.53. The Hall–Kier alpha value is -3.17. The second-order valence-corrected chi connectivity index (χ2v) is 7.78. The molecule has 1 aliphatic carbocycles. The molecule has 2 amide bonds. The van der Waals surface area contributed by atoms with Crippen LogP contribution in [0.15, 0.2) is 36.5 Å². The smallest absolute Gasteiger partial charge is 0.326 e. The summed E-state index contributed by atoms with van der Waals surface area (Å²) < 4.78 is 20.4. The predicted molar refractivity (Wildman–Crippen MR) is 119 cm³/mol. The summed E-state index contributed by atoms with van der Waals surface area (Å²) in [5.74, 6) is -0.140. The van der Waals surface area contributed by atoms with Crippen molar-refractivity contribution in [3.05, 3.63) is 64.3 Å². The number of urea groups is 1. The number of nitrogens with zero attached hydrogens (tertiary/aromatic N) is 4. The number of anilines is 2. The normalized spacial score (nSPS) is 12.5. The third-order valence-corrected chi connectivity index (χ3v) is 5.66. The summed E-state index contributed by atoms with van der Waals surface area (Å²) in [4.78, 5) is 19.0. The van der Waals surface area contributed by atoms with Crippen molar-refractivity contribution in [3.8, 4) is 5.88 Å². The molecule has 3 aromatic rings. The van der Waals surface area contributed by atoms with Crippen molar-refractivity contribution in [1.29, 1.82) is 0 Å². The van der Waals surface area contributed by atoms with Crippen LogP contribution < -0.4 is 15.0 Å². The van der Waals surface area contributed by atoms with Gasteiger partial charge in [-0.3, -0.25) is 9.58 Å². The maximum atomic E-state index is 13.5. The highest BCUT2D eigenvalue weighted by Crippen LogP contribution is 2.28. The van der Waals surface area contributed by atoms with Crippen LogP contribution in [0.2, 0.25) is 5.02 Å². The Morgan fingerprint density at radius 3 is 2.88 bits per heavy atom. The van der Waals surface area contributed by atoms with Gasteiger partial charge in [-0.2, -0.15) is 5.10 Å². The van der Waals surface area contributed by atoms with E-state index in [2.05, 4.69) is 15.4 Å². The van der Waals surface area contributed by atoms with E-state index in [1.54, 1.807) is 18.3 Å². The number of fused-ring (bicyclic) bond motifs is 1. The second-order valence-electron chi connectivity index (χ2n) is 7.38. The summed E-state index contributed by atoms with van der Waals surface area (Å²) in [7, 11) is 1.52. The van der Waals surface area contributed by atoms with E-state index in [0.29, 0.717) is 23.8 Å². The van der Waals surface area contributed by atoms with Crippen molar-refractivity contribution in [2.45, 2.75) is 32.4 Å². The molecule has 10 heteroatoms. The molecule has 0 bridgehead atoms. The molecule has 0 fully saturated rings. The largest absolute Gasteiger partial charge is 0.481 e. The first-order chi connectivity index (χ1) is 15.5. The number of halogens is 2. The Bertz CT molecular complexity index is 1120. The van der Waals surface area contributed by atoms with Gasteiger partial charge in [-0.1, -0.05) is 11.6 Å². The molecule has 0 unspecified atom stereocenters. The minimum Gasteiger partial charge on any atom is -0.481 e. The molecule has 2 heterocycles. The van der Waals surface area contributed by atoms with Gasteiger partial charge in [-0.05, 0) is 49.1 Å². The number of hydrogen-bond acceptors (Lipinski definition) is 5. The van der Waals surface area contributed by atoms with Crippen LogP contribution >= 0.6 is 11.6 Å². The van der Waals surface area contributed by atoms with Crippen molar-refractivity contribution < 1.29 is 19.0 Å². The molecule has 0 radical (unpaired) electrons. The number of amides is 2. The van der Waals surface area contributed by atoms with Gasteiger partial charge in [0.2, 0.25) is 5.88 Å². The van der Waals surface area contributed by atoms with E-state index in [1.165, 1.54) is 30.2 Å². The molecule has 32 heavy (non-hydrogen) atoms. The van der Waals surface area contributed by atoms with Crippen LogP contribution in [0.1, 0.15) is 23.4 Å². The fourth-order valence-corrected chi connectivity index (χ4v) is 4.03. The van der Waals surface area contributed by atoms with Crippen LogP contribution in [0.4, 0.5) is 20.6 Å². The third-order valence-electron chi connectivity index (χ3n) is 5.37. The molecular weight excluding hydrogens is 437 g/mol. The highest BCUT2D eigenvalue weighted by molar-refractivity contribution is 6.31. The second kappa shape index (κ2) is 9.54. The number of aliphatic hydroxyl groups is 1. The number of carbonyl (C=O) groups is 1. The van der Waals surface area contributed by atoms with Gasteiger partial charge in [0, 0.05) is 17.4 Å². The van der Waals surface area contributed by atoms with Gasteiger partial charge in [-0.25, -0.2) is 14.2 Å². The summed E-state index contributed by atoms with van der Waals surface area (Å²) in [6.07, 6.45) is 4.32. The van der Waals surface area contributed by atoms with Crippen LogP contribution in [0.5, 0.6) is 5.88 Å². The minimum atomic E-state index is -0.564. The summed E-state index contributed by atoms with van der Waals surface area (Å²) in [5.41, 5.74) is 3.90. The predicted octanol–water partition coefficient (Wildman–Crippen LogP) is 3.80. The number of hydrogen-bond donors (Lipinski definition) is 2. The standard InChI is InChI=1S/C22H23ClFN5O3/c1-32-21-8-6-15(12-25-21)28(22(31)26-14-5-7-18(24)17(23)11-14)13-19-16-3-2-4-20(16)29(27-19)9-10-30/h5-8,11-12,30H,2-4,9-10,13H2,1H3,(H,26,31). The zero-order valence-electron chi connectivity index (χ0n) is 17.5. The Morgan fingerprint density at radius 1 is 1.34 bits per heavy atom. The molecule has 1 aromatic carbocycles. The number of aromatic nitrogens is 3. The maximum absolute atomic E-state index is 13.5. The fraction of sp³-hybridized carbons (Fsp3) is 0.318. The quantitative estimate of drug-likeness (QED) is 0.560. The van der Waals surface area contributed by atoms with Gasteiger partial charge in [0.25, 0.3) is 0 Å². The van der Waals surface area contributed by atoms with Crippen LogP contribution in [-0.4, -0.2) is 39.6 Å². The lowest BCUT2D eigenvalue weighted by atomic mass is 10.2. The molecule has 0 spiro atoms. The lowest BCUT2D eigenvalue weighted by Gasteiger charge is -2.23. The molecule has 2 N–H and O–H groups in total. The Morgan fingerprint density at radius 2 is 2.19 bits per heavy atom. The molecule has 2 aromatic heterocycles. The van der Waals surface area contributed by atoms with Crippen LogP contribution in [0.25, 0.3) is 0 Å². The summed E-state index contributed by atoms with van der Waals surface area (Å²) >= 11 is 5.86. The summed E-state index contributed by atoms with van der Waals surface area (Å²) in [5, 5.41) is 16.7. The van der Waals surface area contributed by atoms with Gasteiger partial charge in [0.15, 0.2) is 0 Å². The highest BCUT2D eigenvalue weighted by atomic mass is 35.5. The van der Waals surface area contributed by atoms with E-state index in [9.17, 15) is 14.3 Å². The summed E-state index contributed by atoms with van der Waals surface area (Å²) in [6, 6.07) is 6.95. The number of carbonyl (C=O) groups excluding carboxylic acids is 1. The molecule has 0 saturated carbocycles. The van der Waals surface area contributed by atoms with E-state index in [0.717, 1.165) is 36.2 Å². The Labute approximate surface area is 189 Å². The topological polar surface area (TPSA) is 92.5 Å². The Balaban J connectivity index is 1.65. The van der Waals surface area contributed by atoms with E-state index < -0.39 is 11.8 Å². The monoisotopic (exact) mass is 459 g/mol. The van der Waals surface area contributed by atoms with Gasteiger partial charge < -0.3 is 15.2 Å². The molecule has 8 nitrogen and oxygen atoms in total. The number of benzene rings is 1. The van der Waals surface area contributed by atoms with Gasteiger partial charge in [0.05, 0.1) is 49.4 Å². The average Bonchev–Trinajstić information content (AvgIpc) is 3.39. The zero-order chi connectivity index (χ0) is 22.7. The first-order valence-electron chi connectivity index (χ1n) is 10.2. The molecule has 4 rings (SSSR count). The zero-order valence-corrected chi connectivity index (χ0v) is 18.3. The van der Waals surface area contributed by atoms with E-state index in [-0.39, 0.29) is 18.2 Å². The van der Waals surface area contributed by atoms with Crippen LogP contribution in [0, 0.1) is 5.82 Å². The van der Waals surface area contributed by atoms with Gasteiger partial charge in [-0.15, -0.1) is 0 Å². The number of ether oxygens (including phenoxy) is 1. The van der Waals surface area contributed by atoms with Crippen molar-refractivity contribution in [3.63, 3.8) is 0 Å². The van der Waals surface area contributed by atoms with Crippen LogP contribution in [-0.2, 0) is 25.9 Å². The summed E-state index contributed by atoms with van der Waals surface area (Å²) in [6.45, 7) is 0.605. The highest BCUT2D eigenvalue weighted by Gasteiger charge is 2.26. The molecule has 168 valence electrons. The number of pyridine rings is 1. The number of aliphatic hydroxyl groups excluding tert-OH is 1. The van der Waals surface area contributed by atoms with E-state index in [4.69, 9.17) is 16.3 Å². The minimum absolute atomic E-state index is 0.00845. The molecule has 0 atom stereocenters. The number of nitrogens with one attached hydrogen (secondary N) is 1.